The number of nitrogens with zero attached hydrogens (tertiary/aromatic N) is 1. The fourth-order valence-electron chi connectivity index (χ4n) is 2.87. The van der Waals surface area contributed by atoms with Crippen LogP contribution in [0.5, 0.6) is 5.75 Å². The Labute approximate surface area is 144 Å². The molecule has 0 fully saturated rings. The smallest absolute Gasteiger partial charge is 0.270 e. The minimum Gasteiger partial charge on any atom is -0.493 e. The van der Waals surface area contributed by atoms with E-state index in [-0.39, 0.29) is 22.2 Å². The molecule has 8 nitrogen and oxygen atoms in total. The second-order valence-corrected chi connectivity index (χ2v) is 7.27. The number of para-hydroxylation sites is 1. The standard InChI is InChI=1S/C16H17N3O5S/c17-25(22,23)16-9-12(19(20)21)5-6-14(16)18-10-11-7-8-24-15-4-2-1-3-13(11)15/h1-6,9,11,18H,7-8,10H2,(H2,17,22,23). The third-order valence-electron chi connectivity index (χ3n) is 4.10. The molecule has 1 heterocycles. The number of hydrogen-bond acceptors (Lipinski definition) is 6. The lowest BCUT2D eigenvalue weighted by atomic mass is 9.93. The SMILES string of the molecule is NS(=O)(=O)c1cc([N+](=O)[O-])ccc1NCC1CCOc2ccccc21. The molecule has 0 saturated heterocycles. The molecule has 1 unspecified atom stereocenters. The van der Waals surface area contributed by atoms with Crippen molar-refractivity contribution >= 4 is 21.4 Å². The molecular formula is C16H17N3O5S. The quantitative estimate of drug-likeness (QED) is 0.620. The average molecular weight is 363 g/mol. The number of primary sulfonamides is 1. The molecule has 1 aliphatic heterocycles. The summed E-state index contributed by atoms with van der Waals surface area (Å²) in [6.07, 6.45) is 0.779. The molecule has 0 amide bonds. The summed E-state index contributed by atoms with van der Waals surface area (Å²) in [7, 11) is -4.09. The Morgan fingerprint density at radius 3 is 2.76 bits per heavy atom. The van der Waals surface area contributed by atoms with Crippen molar-refractivity contribution < 1.29 is 18.1 Å². The summed E-state index contributed by atoms with van der Waals surface area (Å²) in [5.41, 5.74) is 0.961. The van der Waals surface area contributed by atoms with Crippen LogP contribution in [0.4, 0.5) is 11.4 Å². The number of non-ortho nitro benzene ring substituents is 1. The Morgan fingerprint density at radius 1 is 1.28 bits per heavy atom. The van der Waals surface area contributed by atoms with Crippen LogP contribution in [0.1, 0.15) is 17.9 Å². The van der Waals surface area contributed by atoms with Crippen molar-refractivity contribution in [3.8, 4) is 5.75 Å². The number of benzene rings is 2. The van der Waals surface area contributed by atoms with Crippen LogP contribution in [0, 0.1) is 10.1 Å². The molecule has 132 valence electrons. The summed E-state index contributed by atoms with van der Waals surface area (Å²) in [5, 5.41) is 19.1. The number of nitrogens with two attached hydrogens (primary N) is 1. The number of nitro groups is 1. The van der Waals surface area contributed by atoms with Crippen molar-refractivity contribution in [2.75, 3.05) is 18.5 Å². The fraction of sp³-hybridized carbons (Fsp3) is 0.250. The number of nitrogens with one attached hydrogen (secondary N) is 1. The third-order valence-corrected chi connectivity index (χ3v) is 5.05. The van der Waals surface area contributed by atoms with Gasteiger partial charge in [-0.2, -0.15) is 0 Å². The normalized spacial score (nSPS) is 16.6. The van der Waals surface area contributed by atoms with E-state index >= 15 is 0 Å². The predicted octanol–water partition coefficient (Wildman–Crippen LogP) is 2.22. The lowest BCUT2D eigenvalue weighted by Gasteiger charge is -2.26. The lowest BCUT2D eigenvalue weighted by Crippen LogP contribution is -2.22. The number of anilines is 1. The molecule has 3 rings (SSSR count). The zero-order chi connectivity index (χ0) is 18.0. The van der Waals surface area contributed by atoms with Crippen molar-refractivity contribution in [2.24, 2.45) is 5.14 Å². The zero-order valence-electron chi connectivity index (χ0n) is 13.2. The van der Waals surface area contributed by atoms with Crippen LogP contribution in [0.25, 0.3) is 0 Å². The maximum atomic E-state index is 11.8. The molecule has 25 heavy (non-hydrogen) atoms. The van der Waals surface area contributed by atoms with Gasteiger partial charge in [0.1, 0.15) is 10.6 Å². The van der Waals surface area contributed by atoms with Crippen LogP contribution in [0.3, 0.4) is 0 Å². The monoisotopic (exact) mass is 363 g/mol. The van der Waals surface area contributed by atoms with Gasteiger partial charge in [0.05, 0.1) is 17.2 Å². The van der Waals surface area contributed by atoms with Crippen molar-refractivity contribution in [3.63, 3.8) is 0 Å². The third kappa shape index (κ3) is 3.72. The van der Waals surface area contributed by atoms with Crippen molar-refractivity contribution in [1.29, 1.82) is 0 Å². The Morgan fingerprint density at radius 2 is 2.04 bits per heavy atom. The Kier molecular flexibility index (Phi) is 4.60. The topological polar surface area (TPSA) is 125 Å². The van der Waals surface area contributed by atoms with Gasteiger partial charge in [-0.1, -0.05) is 18.2 Å². The van der Waals surface area contributed by atoms with Crippen LogP contribution in [-0.4, -0.2) is 26.5 Å². The van der Waals surface area contributed by atoms with E-state index in [9.17, 15) is 18.5 Å². The van der Waals surface area contributed by atoms with Gasteiger partial charge >= 0.3 is 0 Å². The summed E-state index contributed by atoms with van der Waals surface area (Å²) < 4.78 is 29.2. The van der Waals surface area contributed by atoms with Crippen molar-refractivity contribution in [2.45, 2.75) is 17.2 Å². The number of fused-ring (bicyclic) bond motifs is 1. The molecule has 1 atom stereocenters. The highest BCUT2D eigenvalue weighted by Gasteiger charge is 2.23. The highest BCUT2D eigenvalue weighted by molar-refractivity contribution is 7.89. The summed E-state index contributed by atoms with van der Waals surface area (Å²) in [5.74, 6) is 0.949. The van der Waals surface area contributed by atoms with Crippen LogP contribution < -0.4 is 15.2 Å². The van der Waals surface area contributed by atoms with Crippen LogP contribution in [0.2, 0.25) is 0 Å². The molecule has 0 aromatic heterocycles. The van der Waals surface area contributed by atoms with Gasteiger partial charge in [-0.3, -0.25) is 10.1 Å². The molecule has 1 aliphatic rings. The first-order valence-electron chi connectivity index (χ1n) is 7.63. The van der Waals surface area contributed by atoms with Gasteiger partial charge in [0.25, 0.3) is 5.69 Å². The van der Waals surface area contributed by atoms with E-state index < -0.39 is 14.9 Å². The number of nitro benzene ring substituents is 1. The first-order valence-corrected chi connectivity index (χ1v) is 9.18. The van der Waals surface area contributed by atoms with E-state index in [1.807, 2.05) is 24.3 Å². The maximum Gasteiger partial charge on any atom is 0.270 e. The number of hydrogen-bond donors (Lipinski definition) is 2. The molecular weight excluding hydrogens is 346 g/mol. The van der Waals surface area contributed by atoms with E-state index in [0.29, 0.717) is 13.2 Å². The lowest BCUT2D eigenvalue weighted by molar-refractivity contribution is -0.385. The fourth-order valence-corrected chi connectivity index (χ4v) is 3.60. The number of rotatable bonds is 5. The summed E-state index contributed by atoms with van der Waals surface area (Å²) in [6, 6.07) is 11.3. The van der Waals surface area contributed by atoms with Crippen LogP contribution in [0.15, 0.2) is 47.4 Å². The van der Waals surface area contributed by atoms with Gasteiger partial charge < -0.3 is 10.1 Å². The van der Waals surface area contributed by atoms with Crippen molar-refractivity contribution in [3.05, 3.63) is 58.1 Å². The van der Waals surface area contributed by atoms with E-state index in [2.05, 4.69) is 5.32 Å². The van der Waals surface area contributed by atoms with Gasteiger partial charge in [0, 0.05) is 24.6 Å². The highest BCUT2D eigenvalue weighted by Crippen LogP contribution is 2.34. The number of sulfonamides is 1. The van der Waals surface area contributed by atoms with Crippen LogP contribution in [-0.2, 0) is 10.0 Å². The largest absolute Gasteiger partial charge is 0.493 e. The molecule has 0 saturated carbocycles. The summed E-state index contributed by atoms with van der Waals surface area (Å²) >= 11 is 0. The van der Waals surface area contributed by atoms with Crippen molar-refractivity contribution in [1.82, 2.24) is 0 Å². The molecule has 0 aliphatic carbocycles. The van der Waals surface area contributed by atoms with Gasteiger partial charge in [-0.15, -0.1) is 0 Å². The second kappa shape index (κ2) is 6.69. The van der Waals surface area contributed by atoms with Gasteiger partial charge in [-0.05, 0) is 24.1 Å². The molecule has 2 aromatic carbocycles. The summed E-state index contributed by atoms with van der Waals surface area (Å²) in [4.78, 5) is 9.92. The molecule has 9 heteroatoms. The Balaban J connectivity index is 1.86. The second-order valence-electron chi connectivity index (χ2n) is 5.74. The van der Waals surface area contributed by atoms with E-state index in [1.165, 1.54) is 12.1 Å². The summed E-state index contributed by atoms with van der Waals surface area (Å²) in [6.45, 7) is 1.03. The zero-order valence-corrected chi connectivity index (χ0v) is 14.0. The highest BCUT2D eigenvalue weighted by atomic mass is 32.2. The minimum atomic E-state index is -4.09. The molecule has 3 N–H and O–H groups in total. The van der Waals surface area contributed by atoms with Gasteiger partial charge in [0.15, 0.2) is 0 Å². The minimum absolute atomic E-state index is 0.133. The van der Waals surface area contributed by atoms with E-state index in [1.54, 1.807) is 0 Å². The molecule has 0 bridgehead atoms. The van der Waals surface area contributed by atoms with Gasteiger partial charge in [0.2, 0.25) is 10.0 Å². The predicted molar refractivity (Wildman–Crippen MR) is 92.3 cm³/mol. The maximum absolute atomic E-state index is 11.8. The Hall–Kier alpha value is -2.65. The Bertz CT molecular complexity index is 914. The first-order chi connectivity index (χ1) is 11.9. The van der Waals surface area contributed by atoms with Crippen LogP contribution >= 0.6 is 0 Å². The molecule has 0 radical (unpaired) electrons. The average Bonchev–Trinajstić information content (AvgIpc) is 2.59. The van der Waals surface area contributed by atoms with E-state index in [4.69, 9.17) is 9.88 Å². The number of ether oxygens (including phenoxy) is 1. The molecule has 2 aromatic rings. The first kappa shape index (κ1) is 17.2. The molecule has 0 spiro atoms. The van der Waals surface area contributed by atoms with Gasteiger partial charge in [-0.25, -0.2) is 13.6 Å². The van der Waals surface area contributed by atoms with E-state index in [0.717, 1.165) is 23.8 Å².